The van der Waals surface area contributed by atoms with Gasteiger partial charge in [0.1, 0.15) is 0 Å². The number of nitriles is 1. The largest absolute Gasteiger partial charge is 0.381 e. The van der Waals surface area contributed by atoms with Crippen LogP contribution in [0.2, 0.25) is 0 Å². The molecule has 2 aromatic rings. The van der Waals surface area contributed by atoms with Gasteiger partial charge in [-0.3, -0.25) is 0 Å². The molecule has 0 aromatic heterocycles. The molecular weight excluding hydrogens is 232 g/mol. The summed E-state index contributed by atoms with van der Waals surface area (Å²) in [4.78, 5) is 0. The first-order valence-electron chi connectivity index (χ1n) is 6.63. The fourth-order valence-electron chi connectivity index (χ4n) is 1.98. The molecule has 2 heteroatoms. The lowest BCUT2D eigenvalue weighted by atomic mass is 10.1. The van der Waals surface area contributed by atoms with E-state index in [4.69, 9.17) is 5.26 Å². The highest BCUT2D eigenvalue weighted by molar-refractivity contribution is 5.45. The molecule has 0 aliphatic heterocycles. The first-order valence-corrected chi connectivity index (χ1v) is 6.63. The van der Waals surface area contributed by atoms with Crippen molar-refractivity contribution in [2.24, 2.45) is 0 Å². The maximum atomic E-state index is 8.74. The van der Waals surface area contributed by atoms with Gasteiger partial charge in [-0.05, 0) is 41.8 Å². The molecule has 0 saturated carbocycles. The lowest BCUT2D eigenvalue weighted by Gasteiger charge is -2.07. The third-order valence-electron chi connectivity index (χ3n) is 3.07. The number of hydrogen-bond acceptors (Lipinski definition) is 2. The number of anilines is 1. The minimum Gasteiger partial charge on any atom is -0.381 e. The molecule has 0 fully saturated rings. The molecule has 96 valence electrons. The molecule has 0 aliphatic rings. The van der Waals surface area contributed by atoms with Crippen LogP contribution < -0.4 is 5.32 Å². The molecule has 19 heavy (non-hydrogen) atoms. The number of aryl methyl sites for hydroxylation is 1. The molecule has 0 atom stereocenters. The normalized spacial score (nSPS) is 9.89. The average Bonchev–Trinajstić information content (AvgIpc) is 2.47. The number of benzene rings is 2. The zero-order valence-corrected chi connectivity index (χ0v) is 11.2. The fraction of sp³-hybridized carbons (Fsp3) is 0.235. The van der Waals surface area contributed by atoms with Crippen LogP contribution in [-0.2, 0) is 13.0 Å². The Labute approximate surface area is 114 Å². The van der Waals surface area contributed by atoms with E-state index < -0.39 is 0 Å². The van der Waals surface area contributed by atoms with E-state index in [0.717, 1.165) is 18.7 Å². The Balaban J connectivity index is 1.92. The van der Waals surface area contributed by atoms with Crippen molar-refractivity contribution in [2.45, 2.75) is 26.3 Å². The van der Waals surface area contributed by atoms with Crippen LogP contribution in [0.3, 0.4) is 0 Å². The van der Waals surface area contributed by atoms with E-state index in [1.807, 2.05) is 24.3 Å². The van der Waals surface area contributed by atoms with Crippen molar-refractivity contribution in [3.05, 3.63) is 65.2 Å². The number of hydrogen-bond donors (Lipinski definition) is 1. The molecule has 0 bridgehead atoms. The van der Waals surface area contributed by atoms with Crippen molar-refractivity contribution < 1.29 is 0 Å². The third kappa shape index (κ3) is 3.86. The van der Waals surface area contributed by atoms with Crippen molar-refractivity contribution in [2.75, 3.05) is 5.32 Å². The van der Waals surface area contributed by atoms with E-state index >= 15 is 0 Å². The minimum absolute atomic E-state index is 0.702. The lowest BCUT2D eigenvalue weighted by Crippen LogP contribution is -1.99. The molecule has 0 amide bonds. The van der Waals surface area contributed by atoms with Gasteiger partial charge in [-0.25, -0.2) is 0 Å². The van der Waals surface area contributed by atoms with Gasteiger partial charge in [-0.2, -0.15) is 5.26 Å². The van der Waals surface area contributed by atoms with Crippen LogP contribution in [0.1, 0.15) is 30.0 Å². The number of nitrogens with zero attached hydrogens (tertiary/aromatic N) is 1. The molecule has 2 aromatic carbocycles. The lowest BCUT2D eigenvalue weighted by molar-refractivity contribution is 0.922. The van der Waals surface area contributed by atoms with Crippen LogP contribution in [0.5, 0.6) is 0 Å². The summed E-state index contributed by atoms with van der Waals surface area (Å²) in [6.07, 6.45) is 2.31. The molecule has 0 radical (unpaired) electrons. The molecule has 0 heterocycles. The summed E-state index contributed by atoms with van der Waals surface area (Å²) in [5, 5.41) is 12.1. The Morgan fingerprint density at radius 1 is 0.947 bits per heavy atom. The Morgan fingerprint density at radius 3 is 2.16 bits per heavy atom. The Bertz CT molecular complexity index is 547. The smallest absolute Gasteiger partial charge is 0.0991 e. The SMILES string of the molecule is CCCc1ccc(NCc2ccc(C#N)cc2)cc1. The summed E-state index contributed by atoms with van der Waals surface area (Å²) in [6, 6.07) is 18.4. The van der Waals surface area contributed by atoms with Crippen LogP contribution in [0.25, 0.3) is 0 Å². The molecule has 2 rings (SSSR count). The van der Waals surface area contributed by atoms with Gasteiger partial charge in [0, 0.05) is 12.2 Å². The van der Waals surface area contributed by atoms with Crippen LogP contribution in [-0.4, -0.2) is 0 Å². The van der Waals surface area contributed by atoms with Crippen molar-refractivity contribution in [3.8, 4) is 6.07 Å². The van der Waals surface area contributed by atoms with E-state index in [-0.39, 0.29) is 0 Å². The van der Waals surface area contributed by atoms with Gasteiger partial charge >= 0.3 is 0 Å². The summed E-state index contributed by atoms with van der Waals surface area (Å²) in [5.74, 6) is 0. The quantitative estimate of drug-likeness (QED) is 0.866. The summed E-state index contributed by atoms with van der Waals surface area (Å²) in [6.45, 7) is 2.97. The van der Waals surface area contributed by atoms with E-state index in [2.05, 4.69) is 42.6 Å². The Morgan fingerprint density at radius 2 is 1.58 bits per heavy atom. The second-order valence-corrected chi connectivity index (χ2v) is 4.61. The molecule has 2 nitrogen and oxygen atoms in total. The van der Waals surface area contributed by atoms with E-state index in [1.165, 1.54) is 17.5 Å². The predicted molar refractivity (Wildman–Crippen MR) is 78.9 cm³/mol. The summed E-state index contributed by atoms with van der Waals surface area (Å²) in [5.41, 5.74) is 4.39. The third-order valence-corrected chi connectivity index (χ3v) is 3.07. The fourth-order valence-corrected chi connectivity index (χ4v) is 1.98. The van der Waals surface area contributed by atoms with Crippen LogP contribution in [0, 0.1) is 11.3 Å². The molecule has 0 unspecified atom stereocenters. The maximum Gasteiger partial charge on any atom is 0.0991 e. The first kappa shape index (κ1) is 13.2. The minimum atomic E-state index is 0.702. The highest BCUT2D eigenvalue weighted by Gasteiger charge is 1.96. The van der Waals surface area contributed by atoms with Crippen LogP contribution >= 0.6 is 0 Å². The first-order chi connectivity index (χ1) is 9.31. The zero-order valence-electron chi connectivity index (χ0n) is 11.2. The number of nitrogens with one attached hydrogen (secondary N) is 1. The molecular formula is C17H18N2. The molecule has 0 aliphatic carbocycles. The predicted octanol–water partition coefficient (Wildman–Crippen LogP) is 4.12. The standard InChI is InChI=1S/C17H18N2/c1-2-3-14-8-10-17(11-9-14)19-13-16-6-4-15(12-18)5-7-16/h4-11,19H,2-3,13H2,1H3. The summed E-state index contributed by atoms with van der Waals surface area (Å²) < 4.78 is 0. The van der Waals surface area contributed by atoms with Gasteiger partial charge < -0.3 is 5.32 Å². The highest BCUT2D eigenvalue weighted by Crippen LogP contribution is 2.12. The van der Waals surface area contributed by atoms with Crippen molar-refractivity contribution in [3.63, 3.8) is 0 Å². The van der Waals surface area contributed by atoms with Gasteiger partial charge in [-0.15, -0.1) is 0 Å². The monoisotopic (exact) mass is 250 g/mol. The second-order valence-electron chi connectivity index (χ2n) is 4.61. The molecule has 0 saturated heterocycles. The molecule has 0 spiro atoms. The average molecular weight is 250 g/mol. The zero-order chi connectivity index (χ0) is 13.5. The second kappa shape index (κ2) is 6.61. The van der Waals surface area contributed by atoms with Gasteiger partial charge in [-0.1, -0.05) is 37.6 Å². The van der Waals surface area contributed by atoms with Gasteiger partial charge in [0.15, 0.2) is 0 Å². The highest BCUT2D eigenvalue weighted by atomic mass is 14.9. The Hall–Kier alpha value is -2.27. The number of rotatable bonds is 5. The van der Waals surface area contributed by atoms with E-state index in [9.17, 15) is 0 Å². The Kier molecular flexibility index (Phi) is 4.58. The summed E-state index contributed by atoms with van der Waals surface area (Å²) >= 11 is 0. The van der Waals surface area contributed by atoms with Gasteiger partial charge in [0.2, 0.25) is 0 Å². The van der Waals surface area contributed by atoms with Gasteiger partial charge in [0.05, 0.1) is 11.6 Å². The van der Waals surface area contributed by atoms with Crippen molar-refractivity contribution >= 4 is 5.69 Å². The van der Waals surface area contributed by atoms with Crippen LogP contribution in [0.4, 0.5) is 5.69 Å². The van der Waals surface area contributed by atoms with Gasteiger partial charge in [0.25, 0.3) is 0 Å². The van der Waals surface area contributed by atoms with Crippen LogP contribution in [0.15, 0.2) is 48.5 Å². The maximum absolute atomic E-state index is 8.74. The topological polar surface area (TPSA) is 35.8 Å². The van der Waals surface area contributed by atoms with Crippen molar-refractivity contribution in [1.29, 1.82) is 5.26 Å². The van der Waals surface area contributed by atoms with Crippen molar-refractivity contribution in [1.82, 2.24) is 0 Å². The van der Waals surface area contributed by atoms with E-state index in [0.29, 0.717) is 5.56 Å². The van der Waals surface area contributed by atoms with E-state index in [1.54, 1.807) is 0 Å². The molecule has 1 N–H and O–H groups in total. The summed E-state index contributed by atoms with van der Waals surface area (Å²) in [7, 11) is 0.